The van der Waals surface area contributed by atoms with Gasteiger partial charge in [-0.05, 0) is 31.5 Å². The van der Waals surface area contributed by atoms with Crippen LogP contribution in [0, 0.1) is 13.8 Å². The fraction of sp³-hybridized carbons (Fsp3) is 0.200. The Kier molecular flexibility index (Phi) is 3.90. The topological polar surface area (TPSA) is 113 Å². The molecule has 0 atom stereocenters. The maximum absolute atomic E-state index is 12.4. The van der Waals surface area contributed by atoms with Crippen molar-refractivity contribution in [2.75, 3.05) is 17.7 Å². The highest BCUT2D eigenvalue weighted by Crippen LogP contribution is 2.25. The first-order valence-electron chi connectivity index (χ1n) is 7.15. The Morgan fingerprint density at radius 3 is 2.83 bits per heavy atom. The van der Waals surface area contributed by atoms with Crippen molar-refractivity contribution in [1.82, 2.24) is 19.6 Å². The minimum absolute atomic E-state index is 0.0702. The first-order valence-corrected chi connectivity index (χ1v) is 7.15. The number of nitrogens with one attached hydrogen (secondary N) is 3. The number of fused-ring (bicyclic) bond motifs is 1. The third-order valence-corrected chi connectivity index (χ3v) is 3.46. The van der Waals surface area contributed by atoms with Gasteiger partial charge in [0.15, 0.2) is 0 Å². The van der Waals surface area contributed by atoms with E-state index in [2.05, 4.69) is 25.7 Å². The number of aromatic nitrogens is 4. The molecule has 3 rings (SSSR count). The molecule has 0 spiro atoms. The molecule has 3 N–H and O–H groups in total. The van der Waals surface area contributed by atoms with Crippen LogP contribution in [0.3, 0.4) is 0 Å². The quantitative estimate of drug-likeness (QED) is 0.677. The predicted molar refractivity (Wildman–Crippen MR) is 88.7 cm³/mol. The summed E-state index contributed by atoms with van der Waals surface area (Å²) in [6.07, 6.45) is 1.35. The molecule has 0 radical (unpaired) electrons. The maximum Gasteiger partial charge on any atom is 0.323 e. The molecular weight excluding hydrogens is 312 g/mol. The van der Waals surface area contributed by atoms with Gasteiger partial charge < -0.3 is 15.4 Å². The van der Waals surface area contributed by atoms with Crippen LogP contribution in [-0.2, 0) is 0 Å². The number of methoxy groups -OCH3 is 1. The zero-order valence-electron chi connectivity index (χ0n) is 13.4. The van der Waals surface area contributed by atoms with Crippen molar-refractivity contribution in [1.29, 1.82) is 0 Å². The standard InChI is InChI=1S/C15H16N6O3/c1-8-4-5-11(24-3)10(6-8)19-15(23)20-12-9(2)18-14-16-7-17-21(14)13(12)22/h4-7H,1-3H3,(H,16,17,18)(H2,19,20,23). The minimum Gasteiger partial charge on any atom is -0.495 e. The van der Waals surface area contributed by atoms with Crippen LogP contribution in [0.5, 0.6) is 5.75 Å². The molecule has 24 heavy (non-hydrogen) atoms. The fourth-order valence-corrected chi connectivity index (χ4v) is 2.29. The van der Waals surface area contributed by atoms with Gasteiger partial charge in [0, 0.05) is 0 Å². The lowest BCUT2D eigenvalue weighted by Gasteiger charge is -2.12. The summed E-state index contributed by atoms with van der Waals surface area (Å²) in [5, 5.41) is 7.84. The zero-order valence-corrected chi connectivity index (χ0v) is 13.4. The molecule has 9 heteroatoms. The van der Waals surface area contributed by atoms with Gasteiger partial charge in [-0.2, -0.15) is 4.52 Å². The number of aryl methyl sites for hydroxylation is 2. The molecule has 0 unspecified atom stereocenters. The molecule has 0 aliphatic heterocycles. The van der Waals surface area contributed by atoms with Gasteiger partial charge in [0.05, 0.1) is 18.5 Å². The highest BCUT2D eigenvalue weighted by Gasteiger charge is 2.15. The van der Waals surface area contributed by atoms with Gasteiger partial charge in [-0.1, -0.05) is 6.07 Å². The van der Waals surface area contributed by atoms with Crippen molar-refractivity contribution in [3.63, 3.8) is 0 Å². The van der Waals surface area contributed by atoms with E-state index in [9.17, 15) is 9.59 Å². The van der Waals surface area contributed by atoms with Crippen LogP contribution in [0.2, 0.25) is 0 Å². The van der Waals surface area contributed by atoms with E-state index in [1.807, 2.05) is 13.0 Å². The van der Waals surface area contributed by atoms with Crippen molar-refractivity contribution in [3.8, 4) is 5.75 Å². The summed E-state index contributed by atoms with van der Waals surface area (Å²) in [6.45, 7) is 3.52. The van der Waals surface area contributed by atoms with Gasteiger partial charge in [0.1, 0.15) is 17.8 Å². The predicted octanol–water partition coefficient (Wildman–Crippen LogP) is 1.69. The molecule has 0 bridgehead atoms. The van der Waals surface area contributed by atoms with Gasteiger partial charge in [-0.15, -0.1) is 0 Å². The van der Waals surface area contributed by atoms with E-state index in [1.54, 1.807) is 19.1 Å². The normalized spacial score (nSPS) is 10.6. The van der Waals surface area contributed by atoms with E-state index in [0.29, 0.717) is 17.1 Å². The van der Waals surface area contributed by atoms with Crippen LogP contribution in [0.15, 0.2) is 29.3 Å². The molecule has 0 saturated heterocycles. The molecule has 1 aromatic carbocycles. The van der Waals surface area contributed by atoms with Crippen LogP contribution >= 0.6 is 0 Å². The second kappa shape index (κ2) is 6.03. The average molecular weight is 328 g/mol. The SMILES string of the molecule is COc1ccc(C)cc1NC(=O)Nc1c(C)nc2nc[nH]n2c1=O. The monoisotopic (exact) mass is 328 g/mol. The van der Waals surface area contributed by atoms with Crippen LogP contribution in [0.1, 0.15) is 11.3 Å². The van der Waals surface area contributed by atoms with E-state index in [-0.39, 0.29) is 11.5 Å². The number of hydrogen-bond acceptors (Lipinski definition) is 5. The summed E-state index contributed by atoms with van der Waals surface area (Å²) >= 11 is 0. The smallest absolute Gasteiger partial charge is 0.323 e. The Morgan fingerprint density at radius 1 is 1.29 bits per heavy atom. The number of carbonyl (C=O) groups is 1. The number of benzene rings is 1. The maximum atomic E-state index is 12.4. The lowest BCUT2D eigenvalue weighted by atomic mass is 10.2. The number of rotatable bonds is 3. The second-order valence-electron chi connectivity index (χ2n) is 5.18. The van der Waals surface area contributed by atoms with E-state index in [4.69, 9.17) is 4.74 Å². The van der Waals surface area contributed by atoms with Gasteiger partial charge in [-0.25, -0.2) is 14.8 Å². The molecule has 2 aromatic heterocycles. The molecule has 124 valence electrons. The molecular formula is C15H16N6O3. The fourth-order valence-electron chi connectivity index (χ4n) is 2.29. The number of carbonyl (C=O) groups excluding carboxylic acids is 1. The largest absolute Gasteiger partial charge is 0.495 e. The molecule has 9 nitrogen and oxygen atoms in total. The Bertz CT molecular complexity index is 975. The average Bonchev–Trinajstić information content (AvgIpc) is 3.00. The third-order valence-electron chi connectivity index (χ3n) is 3.46. The van der Waals surface area contributed by atoms with E-state index < -0.39 is 11.6 Å². The highest BCUT2D eigenvalue weighted by atomic mass is 16.5. The number of aromatic amines is 1. The van der Waals surface area contributed by atoms with Crippen LogP contribution in [0.4, 0.5) is 16.2 Å². The van der Waals surface area contributed by atoms with Gasteiger partial charge >= 0.3 is 6.03 Å². The minimum atomic E-state index is -0.569. The van der Waals surface area contributed by atoms with Crippen LogP contribution in [-0.4, -0.2) is 32.7 Å². The van der Waals surface area contributed by atoms with Crippen LogP contribution in [0.25, 0.3) is 5.78 Å². The first kappa shape index (κ1) is 15.5. The lowest BCUT2D eigenvalue weighted by Crippen LogP contribution is -2.28. The Morgan fingerprint density at radius 2 is 2.08 bits per heavy atom. The summed E-state index contributed by atoms with van der Waals surface area (Å²) in [5.41, 5.74) is 1.46. The Labute approximate surface area is 136 Å². The van der Waals surface area contributed by atoms with E-state index in [0.717, 1.165) is 10.1 Å². The first-order chi connectivity index (χ1) is 11.5. The lowest BCUT2D eigenvalue weighted by molar-refractivity contribution is 0.262. The third kappa shape index (κ3) is 2.78. The molecule has 0 fully saturated rings. The molecule has 2 heterocycles. The van der Waals surface area contributed by atoms with Gasteiger partial charge in [0.25, 0.3) is 11.3 Å². The summed E-state index contributed by atoms with van der Waals surface area (Å²) in [5.74, 6) is 0.759. The Hall–Kier alpha value is -3.36. The van der Waals surface area contributed by atoms with Gasteiger partial charge in [0.2, 0.25) is 0 Å². The number of amides is 2. The number of nitrogens with zero attached hydrogens (tertiary/aromatic N) is 3. The molecule has 3 aromatic rings. The van der Waals surface area contributed by atoms with Crippen molar-refractivity contribution in [2.24, 2.45) is 0 Å². The summed E-state index contributed by atoms with van der Waals surface area (Å²) in [7, 11) is 1.51. The van der Waals surface area contributed by atoms with Crippen molar-refractivity contribution in [2.45, 2.75) is 13.8 Å². The molecule has 2 amide bonds. The zero-order chi connectivity index (χ0) is 17.3. The summed E-state index contributed by atoms with van der Waals surface area (Å²) in [4.78, 5) is 32.7. The second-order valence-corrected chi connectivity index (χ2v) is 5.18. The highest BCUT2D eigenvalue weighted by molar-refractivity contribution is 6.01. The Balaban J connectivity index is 1.88. The van der Waals surface area contributed by atoms with Crippen LogP contribution < -0.4 is 20.9 Å². The number of anilines is 2. The molecule has 0 aliphatic carbocycles. The molecule has 0 aliphatic rings. The summed E-state index contributed by atoms with van der Waals surface area (Å²) < 4.78 is 6.36. The molecule has 0 saturated carbocycles. The van der Waals surface area contributed by atoms with E-state index >= 15 is 0 Å². The van der Waals surface area contributed by atoms with Crippen molar-refractivity contribution >= 4 is 23.2 Å². The number of H-pyrrole nitrogens is 1. The number of hydrogen-bond donors (Lipinski definition) is 3. The number of urea groups is 1. The summed E-state index contributed by atoms with van der Waals surface area (Å²) in [6, 6.07) is 4.83. The van der Waals surface area contributed by atoms with Crippen molar-refractivity contribution < 1.29 is 9.53 Å². The van der Waals surface area contributed by atoms with E-state index in [1.165, 1.54) is 13.4 Å². The van der Waals surface area contributed by atoms with Crippen molar-refractivity contribution in [3.05, 3.63) is 46.1 Å². The van der Waals surface area contributed by atoms with Gasteiger partial charge in [-0.3, -0.25) is 9.89 Å². The number of ether oxygens (including phenoxy) is 1.